The molecule has 0 spiro atoms. The highest BCUT2D eigenvalue weighted by Crippen LogP contribution is 2.52. The van der Waals surface area contributed by atoms with Crippen molar-refractivity contribution in [2.24, 2.45) is 17.8 Å². The molecule has 0 aromatic heterocycles. The number of amides is 2. The second kappa shape index (κ2) is 14.7. The first-order valence-electron chi connectivity index (χ1n) is 17.6. The summed E-state index contributed by atoms with van der Waals surface area (Å²) in [7, 11) is -4.31. The number of fused-ring (bicyclic) bond motifs is 3. The van der Waals surface area contributed by atoms with E-state index in [9.17, 15) is 24.5 Å². The summed E-state index contributed by atoms with van der Waals surface area (Å²) in [6, 6.07) is 27.3. The highest BCUT2D eigenvalue weighted by molar-refractivity contribution is 6.99. The number of rotatable bonds is 12. The first kappa shape index (κ1) is 35.8. The Kier molecular flexibility index (Phi) is 10.5. The maximum absolute atomic E-state index is 14.1. The number of aromatic hydroxyl groups is 1. The quantitative estimate of drug-likeness (QED) is 0.137. The highest BCUT2D eigenvalue weighted by Gasteiger charge is 2.58. The molecule has 3 aliphatic rings. The molecular formula is C39H46BNO8Si. The summed E-state index contributed by atoms with van der Waals surface area (Å²) in [5.41, 5.74) is 2.09. The van der Waals surface area contributed by atoms with Crippen LogP contribution in [0.4, 0.5) is 0 Å². The van der Waals surface area contributed by atoms with E-state index >= 15 is 0 Å². The number of nitrogens with zero attached hydrogens (tertiary/aromatic N) is 1. The number of unbranched alkanes of at least 4 members (excludes halogenated alkanes) is 2. The molecule has 0 saturated carbocycles. The molecule has 0 radical (unpaired) electrons. The van der Waals surface area contributed by atoms with Crippen LogP contribution in [0.5, 0.6) is 5.75 Å². The number of hydrogen-bond acceptors (Lipinski definition) is 7. The predicted molar refractivity (Wildman–Crippen MR) is 193 cm³/mol. The summed E-state index contributed by atoms with van der Waals surface area (Å²) in [5, 5.41) is 32.9. The lowest BCUT2D eigenvalue weighted by atomic mass is 9.55. The van der Waals surface area contributed by atoms with Gasteiger partial charge in [-0.25, -0.2) is 0 Å². The summed E-state index contributed by atoms with van der Waals surface area (Å²) < 4.78 is 13.5. The Morgan fingerprint density at radius 1 is 0.920 bits per heavy atom. The molecule has 2 saturated heterocycles. The molecule has 4 atom stereocenters. The van der Waals surface area contributed by atoms with Gasteiger partial charge in [0.25, 0.3) is 8.32 Å². The summed E-state index contributed by atoms with van der Waals surface area (Å²) in [6.45, 7) is 6.99. The van der Waals surface area contributed by atoms with Crippen LogP contribution in [0.3, 0.4) is 0 Å². The van der Waals surface area contributed by atoms with Gasteiger partial charge in [-0.1, -0.05) is 100.0 Å². The van der Waals surface area contributed by atoms with Gasteiger partial charge in [-0.05, 0) is 75.8 Å². The van der Waals surface area contributed by atoms with E-state index in [0.29, 0.717) is 36.7 Å². The van der Waals surface area contributed by atoms with Gasteiger partial charge in [0.15, 0.2) is 0 Å². The number of phenolic OH excluding ortho intramolecular Hbond substituents is 1. The zero-order valence-electron chi connectivity index (χ0n) is 29.0. The molecule has 9 nitrogen and oxygen atoms in total. The van der Waals surface area contributed by atoms with E-state index in [1.54, 1.807) is 18.2 Å². The average Bonchev–Trinajstić information content (AvgIpc) is 3.33. The molecular weight excluding hydrogens is 649 g/mol. The normalized spacial score (nSPS) is 22.5. The first-order chi connectivity index (χ1) is 23.9. The number of benzene rings is 3. The van der Waals surface area contributed by atoms with Gasteiger partial charge < -0.3 is 24.3 Å². The predicted octanol–water partition coefficient (Wildman–Crippen LogP) is 5.01. The van der Waals surface area contributed by atoms with Crippen LogP contribution < -0.4 is 10.4 Å². The third-order valence-electron chi connectivity index (χ3n) is 10.7. The Hall–Kier alpha value is -4.03. The minimum Gasteiger partial charge on any atom is -0.508 e. The zero-order valence-corrected chi connectivity index (χ0v) is 30.0. The number of carbonyl (C=O) groups excluding carboxylic acids is 2. The number of likely N-dealkylation sites (tertiary alicyclic amines) is 1. The SMILES string of the molecule is CC(C)(C)[Si](OCC1=C2B(O)O[C@H](c3cccc(O)c3)C[C@H]2[C@H]2C(=O)N(CCCCCC(=O)O)C(=O)[C@H]2C1)(c1ccccc1)c1ccccc1. The molecule has 0 unspecified atom stereocenters. The average molecular weight is 696 g/mol. The smallest absolute Gasteiger partial charge is 0.487 e. The molecule has 3 N–H and O–H groups in total. The summed E-state index contributed by atoms with van der Waals surface area (Å²) in [4.78, 5) is 40.5. The number of allylic oxidation sites excluding steroid dienone is 1. The molecule has 50 heavy (non-hydrogen) atoms. The van der Waals surface area contributed by atoms with Crippen molar-refractivity contribution in [1.82, 2.24) is 4.90 Å². The van der Waals surface area contributed by atoms with Crippen LogP contribution in [0, 0.1) is 17.8 Å². The molecule has 0 bridgehead atoms. The summed E-state index contributed by atoms with van der Waals surface area (Å²) >= 11 is 0. The van der Waals surface area contributed by atoms with Crippen LogP contribution in [0.15, 0.2) is 96.0 Å². The molecule has 2 aliphatic heterocycles. The maximum Gasteiger partial charge on any atom is 0.487 e. The van der Waals surface area contributed by atoms with Gasteiger partial charge in [-0.2, -0.15) is 0 Å². The lowest BCUT2D eigenvalue weighted by molar-refractivity contribution is -0.141. The van der Waals surface area contributed by atoms with Crippen LogP contribution in [0.2, 0.25) is 5.04 Å². The van der Waals surface area contributed by atoms with Gasteiger partial charge >= 0.3 is 13.1 Å². The Morgan fingerprint density at radius 3 is 2.18 bits per heavy atom. The molecule has 3 aromatic carbocycles. The Bertz CT molecular complexity index is 1700. The minimum absolute atomic E-state index is 0.0471. The van der Waals surface area contributed by atoms with Crippen LogP contribution in [0.25, 0.3) is 0 Å². The van der Waals surface area contributed by atoms with Gasteiger partial charge in [0.05, 0.1) is 24.5 Å². The lowest BCUT2D eigenvalue weighted by Gasteiger charge is -2.45. The van der Waals surface area contributed by atoms with E-state index in [-0.39, 0.29) is 48.6 Å². The van der Waals surface area contributed by atoms with E-state index in [1.807, 2.05) is 42.5 Å². The Morgan fingerprint density at radius 2 is 1.58 bits per heavy atom. The number of hydrogen-bond donors (Lipinski definition) is 3. The Balaban J connectivity index is 1.37. The van der Waals surface area contributed by atoms with E-state index in [4.69, 9.17) is 14.2 Å². The van der Waals surface area contributed by atoms with Crippen molar-refractivity contribution < 1.29 is 38.7 Å². The zero-order chi connectivity index (χ0) is 35.6. The molecule has 6 rings (SSSR count). The van der Waals surface area contributed by atoms with Crippen molar-refractivity contribution in [3.8, 4) is 5.75 Å². The van der Waals surface area contributed by atoms with Crippen molar-refractivity contribution >= 4 is 43.6 Å². The maximum atomic E-state index is 14.1. The second-order valence-corrected chi connectivity index (χ2v) is 19.1. The number of carboxylic acids is 1. The molecule has 2 amide bonds. The van der Waals surface area contributed by atoms with Crippen LogP contribution in [-0.4, -0.2) is 66.5 Å². The third-order valence-corrected chi connectivity index (χ3v) is 15.7. The van der Waals surface area contributed by atoms with Crippen LogP contribution in [0.1, 0.15) is 71.0 Å². The van der Waals surface area contributed by atoms with Gasteiger partial charge in [0.1, 0.15) is 5.75 Å². The van der Waals surface area contributed by atoms with Crippen molar-refractivity contribution in [3.63, 3.8) is 0 Å². The minimum atomic E-state index is -2.98. The van der Waals surface area contributed by atoms with Crippen molar-refractivity contribution in [1.29, 1.82) is 0 Å². The van der Waals surface area contributed by atoms with Gasteiger partial charge in [-0.3, -0.25) is 19.3 Å². The standard InChI is InChI=1S/C39H46BNO8Si/c1-39(2,3)50(29-16-7-4-8-17-29,30-18-9-5-10-19-30)48-25-27-23-32-35(38(46)41(37(32)45)21-12-6-11-20-34(43)44)31-24-33(49-40(47)36(27)31)26-14-13-15-28(42)22-26/h4-5,7-10,13-19,22,31-33,35,42,47H,6,11-12,20-21,23-25H2,1-3H3,(H,43,44)/t31-,32-,33-,35+/m0/s1. The van der Waals surface area contributed by atoms with Gasteiger partial charge in [-0.15, -0.1) is 0 Å². The monoisotopic (exact) mass is 695 g/mol. The second-order valence-electron chi connectivity index (χ2n) is 14.8. The van der Waals surface area contributed by atoms with E-state index in [1.165, 1.54) is 4.90 Å². The molecule has 2 heterocycles. The fraction of sp³-hybridized carbons (Fsp3) is 0.410. The number of carboxylic acid groups (broad SMARTS) is 1. The van der Waals surface area contributed by atoms with Crippen molar-refractivity contribution in [3.05, 3.63) is 102 Å². The molecule has 3 aromatic rings. The van der Waals surface area contributed by atoms with Crippen LogP contribution in [-0.2, 0) is 23.5 Å². The summed E-state index contributed by atoms with van der Waals surface area (Å²) in [6.07, 6.45) is 1.66. The molecule has 1 aliphatic carbocycles. The van der Waals surface area contributed by atoms with Crippen molar-refractivity contribution in [2.45, 2.75) is 70.4 Å². The lowest BCUT2D eigenvalue weighted by Crippen LogP contribution is -2.66. The van der Waals surface area contributed by atoms with E-state index in [2.05, 4.69) is 45.0 Å². The molecule has 2 fully saturated rings. The largest absolute Gasteiger partial charge is 0.508 e. The number of phenols is 1. The Labute approximate surface area is 295 Å². The third kappa shape index (κ3) is 6.84. The van der Waals surface area contributed by atoms with Crippen LogP contribution >= 0.6 is 0 Å². The fourth-order valence-corrected chi connectivity index (χ4v) is 13.0. The molecule has 262 valence electrons. The first-order valence-corrected chi connectivity index (χ1v) is 19.5. The van der Waals surface area contributed by atoms with E-state index in [0.717, 1.165) is 15.9 Å². The highest BCUT2D eigenvalue weighted by atomic mass is 28.4. The van der Waals surface area contributed by atoms with Gasteiger partial charge in [0.2, 0.25) is 11.8 Å². The summed E-state index contributed by atoms with van der Waals surface area (Å²) in [5.74, 6) is -3.02. The van der Waals surface area contributed by atoms with E-state index < -0.39 is 45.3 Å². The fourth-order valence-electron chi connectivity index (χ4n) is 8.45. The topological polar surface area (TPSA) is 134 Å². The van der Waals surface area contributed by atoms with Gasteiger partial charge in [0, 0.05) is 13.0 Å². The number of carbonyl (C=O) groups is 3. The van der Waals surface area contributed by atoms with Crippen molar-refractivity contribution in [2.75, 3.05) is 13.2 Å². The number of aliphatic carboxylic acids is 1. The number of imide groups is 1. The molecule has 11 heteroatoms.